The molecule has 0 aliphatic heterocycles. The fourth-order valence-electron chi connectivity index (χ4n) is 1.83. The summed E-state index contributed by atoms with van der Waals surface area (Å²) in [5.41, 5.74) is 2.13. The highest BCUT2D eigenvalue weighted by Crippen LogP contribution is 2.15. The van der Waals surface area contributed by atoms with Gasteiger partial charge < -0.3 is 10.1 Å². The van der Waals surface area contributed by atoms with E-state index in [1.165, 1.54) is 0 Å². The molecule has 5 nitrogen and oxygen atoms in total. The normalized spacial score (nSPS) is 11.2. The molecule has 2 aromatic rings. The molecular weight excluding hydrogens is 266 g/mol. The average molecular weight is 287 g/mol. The van der Waals surface area contributed by atoms with Gasteiger partial charge in [0.15, 0.2) is 0 Å². The summed E-state index contributed by atoms with van der Waals surface area (Å²) in [7, 11) is 1.89. The van der Waals surface area contributed by atoms with Gasteiger partial charge in [0.05, 0.1) is 11.8 Å². The summed E-state index contributed by atoms with van der Waals surface area (Å²) >= 11 is 0. The third-order valence-corrected chi connectivity index (χ3v) is 2.77. The van der Waals surface area contributed by atoms with Crippen LogP contribution in [0.1, 0.15) is 36.7 Å². The minimum Gasteiger partial charge on any atom is -0.456 e. The van der Waals surface area contributed by atoms with E-state index in [-0.39, 0.29) is 5.97 Å². The number of benzene rings is 1. The first-order valence-corrected chi connectivity index (χ1v) is 6.88. The van der Waals surface area contributed by atoms with Crippen molar-refractivity contribution in [3.8, 4) is 0 Å². The van der Waals surface area contributed by atoms with E-state index in [0.717, 1.165) is 11.3 Å². The number of hydrogen-bond donors (Lipinski definition) is 1. The molecule has 0 saturated carbocycles. The smallest absolute Gasteiger partial charge is 0.338 e. The quantitative estimate of drug-likeness (QED) is 0.878. The SMILES string of the molecule is Cn1cc(CNc2ccc(C(=O)OC(C)(C)C)cc2)cn1. The van der Waals surface area contributed by atoms with Gasteiger partial charge in [-0.1, -0.05) is 0 Å². The lowest BCUT2D eigenvalue weighted by molar-refractivity contribution is 0.00696. The molecule has 0 unspecified atom stereocenters. The lowest BCUT2D eigenvalue weighted by atomic mass is 10.1. The van der Waals surface area contributed by atoms with Crippen LogP contribution in [-0.4, -0.2) is 21.4 Å². The van der Waals surface area contributed by atoms with E-state index in [0.29, 0.717) is 12.1 Å². The Kier molecular flexibility index (Phi) is 4.31. The number of nitrogens with zero attached hydrogens (tertiary/aromatic N) is 2. The molecule has 2 rings (SSSR count). The molecule has 0 radical (unpaired) electrons. The molecule has 21 heavy (non-hydrogen) atoms. The van der Waals surface area contributed by atoms with Crippen molar-refractivity contribution < 1.29 is 9.53 Å². The monoisotopic (exact) mass is 287 g/mol. The van der Waals surface area contributed by atoms with Crippen molar-refractivity contribution in [3.05, 3.63) is 47.8 Å². The van der Waals surface area contributed by atoms with E-state index in [1.54, 1.807) is 16.8 Å². The van der Waals surface area contributed by atoms with E-state index < -0.39 is 5.60 Å². The van der Waals surface area contributed by atoms with Crippen molar-refractivity contribution in [1.29, 1.82) is 0 Å². The van der Waals surface area contributed by atoms with Crippen LogP contribution in [0.2, 0.25) is 0 Å². The van der Waals surface area contributed by atoms with E-state index in [9.17, 15) is 4.79 Å². The van der Waals surface area contributed by atoms with Crippen molar-refractivity contribution in [2.24, 2.45) is 7.05 Å². The van der Waals surface area contributed by atoms with Gasteiger partial charge in [0.2, 0.25) is 0 Å². The Labute approximate surface area is 124 Å². The summed E-state index contributed by atoms with van der Waals surface area (Å²) in [4.78, 5) is 11.9. The van der Waals surface area contributed by atoms with Gasteiger partial charge in [-0.05, 0) is 45.0 Å². The van der Waals surface area contributed by atoms with Gasteiger partial charge in [0.25, 0.3) is 0 Å². The van der Waals surface area contributed by atoms with Gasteiger partial charge >= 0.3 is 5.97 Å². The number of ether oxygens (including phenoxy) is 1. The van der Waals surface area contributed by atoms with Crippen molar-refractivity contribution >= 4 is 11.7 Å². The first-order valence-electron chi connectivity index (χ1n) is 6.88. The van der Waals surface area contributed by atoms with Gasteiger partial charge in [-0.25, -0.2) is 4.79 Å². The summed E-state index contributed by atoms with van der Waals surface area (Å²) in [6, 6.07) is 7.27. The number of hydrogen-bond acceptors (Lipinski definition) is 4. The van der Waals surface area contributed by atoms with Crippen LogP contribution in [0.4, 0.5) is 5.69 Å². The molecular formula is C16H21N3O2. The van der Waals surface area contributed by atoms with Crippen LogP contribution in [-0.2, 0) is 18.3 Å². The molecule has 0 atom stereocenters. The molecule has 0 spiro atoms. The molecule has 0 fully saturated rings. The van der Waals surface area contributed by atoms with Gasteiger partial charge in [0, 0.05) is 31.0 Å². The Morgan fingerprint density at radius 2 is 1.95 bits per heavy atom. The average Bonchev–Trinajstić information content (AvgIpc) is 2.81. The summed E-state index contributed by atoms with van der Waals surface area (Å²) in [5.74, 6) is -0.304. The van der Waals surface area contributed by atoms with Gasteiger partial charge in [0.1, 0.15) is 5.60 Å². The summed E-state index contributed by atoms with van der Waals surface area (Å²) in [6.07, 6.45) is 3.78. The Balaban J connectivity index is 1.94. The number of carbonyl (C=O) groups is 1. The van der Waals surface area contributed by atoms with E-state index in [2.05, 4.69) is 10.4 Å². The summed E-state index contributed by atoms with van der Waals surface area (Å²) in [6.45, 7) is 6.26. The Morgan fingerprint density at radius 3 is 2.48 bits per heavy atom. The van der Waals surface area contributed by atoms with Gasteiger partial charge in [-0.15, -0.1) is 0 Å². The second-order valence-corrected chi connectivity index (χ2v) is 5.96. The molecule has 5 heteroatoms. The zero-order valence-electron chi connectivity index (χ0n) is 12.9. The second kappa shape index (κ2) is 5.99. The lowest BCUT2D eigenvalue weighted by Gasteiger charge is -2.19. The van der Waals surface area contributed by atoms with Crippen LogP contribution >= 0.6 is 0 Å². The highest BCUT2D eigenvalue weighted by atomic mass is 16.6. The highest BCUT2D eigenvalue weighted by molar-refractivity contribution is 5.90. The van der Waals surface area contributed by atoms with Crippen molar-refractivity contribution in [1.82, 2.24) is 9.78 Å². The number of esters is 1. The number of nitrogens with one attached hydrogen (secondary N) is 1. The van der Waals surface area contributed by atoms with Gasteiger partial charge in [-0.3, -0.25) is 4.68 Å². The van der Waals surface area contributed by atoms with E-state index in [4.69, 9.17) is 4.74 Å². The molecule has 0 aliphatic rings. The first kappa shape index (κ1) is 15.1. The molecule has 1 heterocycles. The van der Waals surface area contributed by atoms with E-state index >= 15 is 0 Å². The highest BCUT2D eigenvalue weighted by Gasteiger charge is 2.17. The topological polar surface area (TPSA) is 56.2 Å². The zero-order valence-corrected chi connectivity index (χ0v) is 12.9. The Morgan fingerprint density at radius 1 is 1.29 bits per heavy atom. The number of anilines is 1. The molecule has 1 aromatic carbocycles. The number of aromatic nitrogens is 2. The fourth-order valence-corrected chi connectivity index (χ4v) is 1.83. The molecule has 0 amide bonds. The molecule has 0 bridgehead atoms. The number of rotatable bonds is 4. The van der Waals surface area contributed by atoms with Crippen LogP contribution in [0, 0.1) is 0 Å². The fraction of sp³-hybridized carbons (Fsp3) is 0.375. The minimum atomic E-state index is -0.478. The number of carbonyl (C=O) groups excluding carboxylic acids is 1. The lowest BCUT2D eigenvalue weighted by Crippen LogP contribution is -2.23. The molecule has 0 aliphatic carbocycles. The molecule has 0 saturated heterocycles. The number of aryl methyl sites for hydroxylation is 1. The summed E-state index contributed by atoms with van der Waals surface area (Å²) in [5, 5.41) is 7.40. The molecule has 1 N–H and O–H groups in total. The van der Waals surface area contributed by atoms with Crippen LogP contribution in [0.25, 0.3) is 0 Å². The van der Waals surface area contributed by atoms with Crippen LogP contribution in [0.5, 0.6) is 0 Å². The van der Waals surface area contributed by atoms with Crippen LogP contribution in [0.3, 0.4) is 0 Å². The molecule has 112 valence electrons. The van der Waals surface area contributed by atoms with E-state index in [1.807, 2.05) is 52.3 Å². The standard InChI is InChI=1S/C16H21N3O2/c1-16(2,3)21-15(20)13-5-7-14(8-6-13)17-9-12-10-18-19(4)11-12/h5-8,10-11,17H,9H2,1-4H3. The zero-order chi connectivity index (χ0) is 15.5. The summed E-state index contributed by atoms with van der Waals surface area (Å²) < 4.78 is 7.09. The maximum Gasteiger partial charge on any atom is 0.338 e. The largest absolute Gasteiger partial charge is 0.456 e. The van der Waals surface area contributed by atoms with Crippen LogP contribution < -0.4 is 5.32 Å². The third-order valence-electron chi connectivity index (χ3n) is 2.77. The van der Waals surface area contributed by atoms with Crippen molar-refractivity contribution in [3.63, 3.8) is 0 Å². The van der Waals surface area contributed by atoms with Crippen LogP contribution in [0.15, 0.2) is 36.7 Å². The second-order valence-electron chi connectivity index (χ2n) is 5.96. The Bertz CT molecular complexity index is 609. The molecule has 1 aromatic heterocycles. The predicted octanol–water partition coefficient (Wildman–Crippen LogP) is 2.99. The van der Waals surface area contributed by atoms with Gasteiger partial charge in [-0.2, -0.15) is 5.10 Å². The van der Waals surface area contributed by atoms with Crippen molar-refractivity contribution in [2.75, 3.05) is 5.32 Å². The maximum absolute atomic E-state index is 11.9. The minimum absolute atomic E-state index is 0.304. The predicted molar refractivity (Wildman–Crippen MR) is 82.1 cm³/mol. The maximum atomic E-state index is 11.9. The third kappa shape index (κ3) is 4.63. The Hall–Kier alpha value is -2.30. The first-order chi connectivity index (χ1) is 9.83. The van der Waals surface area contributed by atoms with Crippen molar-refractivity contribution in [2.45, 2.75) is 32.9 Å².